The first-order chi connectivity index (χ1) is 14.0. The van der Waals surface area contributed by atoms with Gasteiger partial charge in [0.15, 0.2) is 11.5 Å². The van der Waals surface area contributed by atoms with E-state index in [0.29, 0.717) is 42.0 Å². The summed E-state index contributed by atoms with van der Waals surface area (Å²) in [6.45, 7) is 0.744. The summed E-state index contributed by atoms with van der Waals surface area (Å²) in [4.78, 5) is 41.5. The Bertz CT molecular complexity index is 1210. The molecule has 1 aliphatic rings. The highest BCUT2D eigenvalue weighted by Gasteiger charge is 2.24. The first kappa shape index (κ1) is 18.8. The van der Waals surface area contributed by atoms with Gasteiger partial charge in [-0.15, -0.1) is 0 Å². The Morgan fingerprint density at radius 2 is 1.76 bits per heavy atom. The molecule has 2 aromatic carbocycles. The highest BCUT2D eigenvalue weighted by atomic mass is 16.5. The van der Waals surface area contributed by atoms with E-state index < -0.39 is 11.1 Å². The number of fused-ring (bicyclic) bond motifs is 2. The highest BCUT2D eigenvalue weighted by Crippen LogP contribution is 2.33. The molecule has 4 rings (SSSR count). The molecular weight excluding hydrogens is 374 g/mol. The third kappa shape index (κ3) is 3.37. The van der Waals surface area contributed by atoms with Crippen molar-refractivity contribution in [1.82, 2.24) is 14.5 Å². The van der Waals surface area contributed by atoms with Crippen molar-refractivity contribution in [3.05, 3.63) is 68.2 Å². The molecule has 0 atom stereocenters. The molecule has 0 radical (unpaired) electrons. The fraction of sp³-hybridized carbons (Fsp3) is 0.286. The molecule has 0 unspecified atom stereocenters. The van der Waals surface area contributed by atoms with E-state index >= 15 is 0 Å². The van der Waals surface area contributed by atoms with Crippen LogP contribution < -0.4 is 20.6 Å². The summed E-state index contributed by atoms with van der Waals surface area (Å²) < 4.78 is 11.9. The number of hydrogen-bond acceptors (Lipinski definition) is 5. The fourth-order valence-corrected chi connectivity index (χ4v) is 3.71. The predicted molar refractivity (Wildman–Crippen MR) is 107 cm³/mol. The highest BCUT2D eigenvalue weighted by molar-refractivity contribution is 5.80. The Labute approximate surface area is 166 Å². The summed E-state index contributed by atoms with van der Waals surface area (Å²) in [5.74, 6) is 1.05. The Balaban J connectivity index is 1.63. The van der Waals surface area contributed by atoms with E-state index in [0.717, 1.165) is 11.1 Å². The molecule has 2 heterocycles. The number of aromatic nitrogens is 2. The van der Waals surface area contributed by atoms with Gasteiger partial charge in [0, 0.05) is 13.1 Å². The third-order valence-corrected chi connectivity index (χ3v) is 5.25. The van der Waals surface area contributed by atoms with Gasteiger partial charge in [0.25, 0.3) is 0 Å². The van der Waals surface area contributed by atoms with Crippen molar-refractivity contribution in [2.75, 3.05) is 20.8 Å². The maximum atomic E-state index is 13.0. The van der Waals surface area contributed by atoms with Crippen molar-refractivity contribution in [1.29, 1.82) is 0 Å². The zero-order valence-corrected chi connectivity index (χ0v) is 16.2. The summed E-state index contributed by atoms with van der Waals surface area (Å²) in [7, 11) is 3.16. The van der Waals surface area contributed by atoms with Crippen molar-refractivity contribution in [2.45, 2.75) is 19.5 Å². The van der Waals surface area contributed by atoms with Crippen LogP contribution in [0.2, 0.25) is 0 Å². The second-order valence-corrected chi connectivity index (χ2v) is 6.90. The van der Waals surface area contributed by atoms with Crippen molar-refractivity contribution < 1.29 is 14.3 Å². The molecule has 1 amide bonds. The lowest BCUT2D eigenvalue weighted by Crippen LogP contribution is -2.43. The minimum absolute atomic E-state index is 0.189. The minimum Gasteiger partial charge on any atom is -0.493 e. The maximum absolute atomic E-state index is 13.0. The lowest BCUT2D eigenvalue weighted by molar-refractivity contribution is -0.132. The van der Waals surface area contributed by atoms with Gasteiger partial charge in [0.2, 0.25) is 5.91 Å². The number of nitrogens with one attached hydrogen (secondary N) is 1. The van der Waals surface area contributed by atoms with Crippen LogP contribution in [0.25, 0.3) is 11.0 Å². The normalized spacial score (nSPS) is 13.2. The van der Waals surface area contributed by atoms with Gasteiger partial charge in [-0.2, -0.15) is 0 Å². The molecule has 0 fully saturated rings. The van der Waals surface area contributed by atoms with E-state index in [2.05, 4.69) is 4.98 Å². The van der Waals surface area contributed by atoms with Gasteiger partial charge >= 0.3 is 11.1 Å². The summed E-state index contributed by atoms with van der Waals surface area (Å²) >= 11 is 0. The molecule has 1 aliphatic heterocycles. The lowest BCUT2D eigenvalue weighted by atomic mass is 9.98. The topological polar surface area (TPSA) is 93.6 Å². The van der Waals surface area contributed by atoms with Crippen LogP contribution in [0.3, 0.4) is 0 Å². The largest absolute Gasteiger partial charge is 0.493 e. The van der Waals surface area contributed by atoms with Gasteiger partial charge in [-0.3, -0.25) is 19.0 Å². The van der Waals surface area contributed by atoms with Gasteiger partial charge in [-0.05, 0) is 41.8 Å². The summed E-state index contributed by atoms with van der Waals surface area (Å²) in [6.07, 6.45) is 0.673. The van der Waals surface area contributed by atoms with Crippen LogP contribution in [0.1, 0.15) is 11.1 Å². The molecule has 8 nitrogen and oxygen atoms in total. The molecule has 1 N–H and O–H groups in total. The molecule has 1 aromatic heterocycles. The van der Waals surface area contributed by atoms with Gasteiger partial charge in [0.05, 0.1) is 25.3 Å². The minimum atomic E-state index is -0.739. The molecule has 0 saturated heterocycles. The number of nitrogens with zero attached hydrogens (tertiary/aromatic N) is 2. The Morgan fingerprint density at radius 3 is 2.48 bits per heavy atom. The number of amides is 1. The van der Waals surface area contributed by atoms with Crippen LogP contribution in [-0.4, -0.2) is 41.1 Å². The number of hydrogen-bond donors (Lipinski definition) is 1. The average molecular weight is 395 g/mol. The zero-order chi connectivity index (χ0) is 20.5. The fourth-order valence-electron chi connectivity index (χ4n) is 3.71. The Hall–Kier alpha value is -3.55. The van der Waals surface area contributed by atoms with E-state index in [9.17, 15) is 14.4 Å². The number of benzene rings is 2. The molecule has 0 spiro atoms. The predicted octanol–water partition coefficient (Wildman–Crippen LogP) is 1.29. The summed E-state index contributed by atoms with van der Waals surface area (Å²) in [5.41, 5.74) is 1.65. The quantitative estimate of drug-likeness (QED) is 0.672. The van der Waals surface area contributed by atoms with Gasteiger partial charge < -0.3 is 19.4 Å². The van der Waals surface area contributed by atoms with Crippen LogP contribution >= 0.6 is 0 Å². The van der Waals surface area contributed by atoms with E-state index in [-0.39, 0.29) is 12.5 Å². The Morgan fingerprint density at radius 1 is 1.07 bits per heavy atom. The van der Waals surface area contributed by atoms with Crippen molar-refractivity contribution in [2.24, 2.45) is 0 Å². The molecule has 0 bridgehead atoms. The van der Waals surface area contributed by atoms with Crippen molar-refractivity contribution in [3.63, 3.8) is 0 Å². The molecule has 8 heteroatoms. The number of carbonyl (C=O) groups excluding carboxylic acids is 1. The smallest absolute Gasteiger partial charge is 0.317 e. The summed E-state index contributed by atoms with van der Waals surface area (Å²) in [6, 6.07) is 10.7. The third-order valence-electron chi connectivity index (χ3n) is 5.25. The second-order valence-electron chi connectivity index (χ2n) is 6.90. The second kappa shape index (κ2) is 7.46. The zero-order valence-electron chi connectivity index (χ0n) is 16.2. The number of aromatic amines is 1. The van der Waals surface area contributed by atoms with Crippen LogP contribution in [0.5, 0.6) is 11.5 Å². The number of carbonyl (C=O) groups is 1. The van der Waals surface area contributed by atoms with Crippen LogP contribution in [0.4, 0.5) is 0 Å². The van der Waals surface area contributed by atoms with E-state index in [1.54, 1.807) is 43.4 Å². The van der Waals surface area contributed by atoms with Gasteiger partial charge in [0.1, 0.15) is 6.54 Å². The van der Waals surface area contributed by atoms with Gasteiger partial charge in [-0.1, -0.05) is 12.1 Å². The van der Waals surface area contributed by atoms with Crippen LogP contribution in [0.15, 0.2) is 46.0 Å². The SMILES string of the molecule is COc1cc2c(cc1OC)CN(C(=O)Cn1c(=O)c(=O)[nH]c3ccccc31)CC2. The molecule has 3 aromatic rings. The molecule has 0 saturated carbocycles. The molecule has 29 heavy (non-hydrogen) atoms. The average Bonchev–Trinajstić information content (AvgIpc) is 2.75. The van der Waals surface area contributed by atoms with E-state index in [4.69, 9.17) is 9.47 Å². The van der Waals surface area contributed by atoms with Gasteiger partial charge in [-0.25, -0.2) is 0 Å². The lowest BCUT2D eigenvalue weighted by Gasteiger charge is -2.30. The number of methoxy groups -OCH3 is 2. The molecule has 150 valence electrons. The maximum Gasteiger partial charge on any atom is 0.317 e. The standard InChI is InChI=1S/C21H21N3O5/c1-28-17-9-13-7-8-23(11-14(13)10-18(17)29-2)19(25)12-24-16-6-4-3-5-15(16)22-20(26)21(24)27/h3-6,9-10H,7-8,11-12H2,1-2H3,(H,22,26). The van der Waals surface area contributed by atoms with Crippen molar-refractivity contribution >= 4 is 16.9 Å². The first-order valence-corrected chi connectivity index (χ1v) is 9.25. The van der Waals surface area contributed by atoms with Crippen molar-refractivity contribution in [3.8, 4) is 11.5 Å². The van der Waals surface area contributed by atoms with E-state index in [1.807, 2.05) is 12.1 Å². The molecule has 0 aliphatic carbocycles. The monoisotopic (exact) mass is 395 g/mol. The number of para-hydroxylation sites is 2. The first-order valence-electron chi connectivity index (χ1n) is 9.25. The molecular formula is C21H21N3O5. The number of rotatable bonds is 4. The van der Waals surface area contributed by atoms with Crippen LogP contribution in [-0.2, 0) is 24.3 Å². The van der Waals surface area contributed by atoms with E-state index in [1.165, 1.54) is 4.57 Å². The van der Waals surface area contributed by atoms with Crippen LogP contribution in [0, 0.1) is 0 Å². The summed E-state index contributed by atoms with van der Waals surface area (Å²) in [5, 5.41) is 0. The number of ether oxygens (including phenoxy) is 2. The Kier molecular flexibility index (Phi) is 4.84. The number of H-pyrrole nitrogens is 1.